The normalized spacial score (nSPS) is 12.4. The van der Waals surface area contributed by atoms with E-state index in [2.05, 4.69) is 25.1 Å². The van der Waals surface area contributed by atoms with Crippen LogP contribution in [0.2, 0.25) is 0 Å². The lowest BCUT2D eigenvalue weighted by Gasteiger charge is -2.09. The minimum atomic E-state index is -0.413. The first kappa shape index (κ1) is 10.9. The fourth-order valence-electron chi connectivity index (χ4n) is 1.86. The molecule has 1 atom stereocenters. The summed E-state index contributed by atoms with van der Waals surface area (Å²) < 4.78 is 0. The molecule has 0 unspecified atom stereocenters. The van der Waals surface area contributed by atoms with Gasteiger partial charge in [0, 0.05) is 0 Å². The maximum Gasteiger partial charge on any atom is 0.0762 e. The zero-order valence-corrected chi connectivity index (χ0v) is 9.64. The van der Waals surface area contributed by atoms with E-state index in [4.69, 9.17) is 0 Å². The summed E-state index contributed by atoms with van der Waals surface area (Å²) in [6.07, 6.45) is -0.413. The first-order chi connectivity index (χ1) is 7.68. The van der Waals surface area contributed by atoms with Crippen LogP contribution in [0.5, 0.6) is 0 Å². The number of aliphatic hydroxyl groups excluding tert-OH is 1. The molecule has 0 aliphatic heterocycles. The molecule has 0 amide bonds. The number of aryl methyl sites for hydroxylation is 1. The predicted octanol–water partition coefficient (Wildman–Crippen LogP) is 3.72. The SMILES string of the molecule is Cc1ccccc1-c1cccc([C@H](C)O)c1. The monoisotopic (exact) mass is 212 g/mol. The summed E-state index contributed by atoms with van der Waals surface area (Å²) in [5, 5.41) is 9.56. The Hall–Kier alpha value is -1.60. The molecule has 0 spiro atoms. The third-order valence-electron chi connectivity index (χ3n) is 2.83. The van der Waals surface area contributed by atoms with Gasteiger partial charge in [0.2, 0.25) is 0 Å². The quantitative estimate of drug-likeness (QED) is 0.804. The van der Waals surface area contributed by atoms with Crippen molar-refractivity contribution in [2.45, 2.75) is 20.0 Å². The van der Waals surface area contributed by atoms with E-state index in [-0.39, 0.29) is 0 Å². The van der Waals surface area contributed by atoms with Crippen LogP contribution in [-0.2, 0) is 0 Å². The number of hydrogen-bond acceptors (Lipinski definition) is 1. The Bertz CT molecular complexity index is 486. The van der Waals surface area contributed by atoms with Gasteiger partial charge in [0.05, 0.1) is 6.10 Å². The smallest absolute Gasteiger partial charge is 0.0762 e. The van der Waals surface area contributed by atoms with Gasteiger partial charge in [-0.3, -0.25) is 0 Å². The molecule has 0 aliphatic rings. The van der Waals surface area contributed by atoms with Crippen molar-refractivity contribution >= 4 is 0 Å². The van der Waals surface area contributed by atoms with Crippen LogP contribution in [-0.4, -0.2) is 5.11 Å². The van der Waals surface area contributed by atoms with Crippen LogP contribution in [0, 0.1) is 6.92 Å². The first-order valence-corrected chi connectivity index (χ1v) is 5.52. The van der Waals surface area contributed by atoms with Gasteiger partial charge in [-0.15, -0.1) is 0 Å². The minimum Gasteiger partial charge on any atom is -0.389 e. The van der Waals surface area contributed by atoms with Gasteiger partial charge in [0.25, 0.3) is 0 Å². The van der Waals surface area contributed by atoms with Crippen LogP contribution >= 0.6 is 0 Å². The molecule has 0 fully saturated rings. The van der Waals surface area contributed by atoms with E-state index in [0.717, 1.165) is 11.1 Å². The summed E-state index contributed by atoms with van der Waals surface area (Å²) in [5.74, 6) is 0. The highest BCUT2D eigenvalue weighted by molar-refractivity contribution is 5.67. The number of hydrogen-bond donors (Lipinski definition) is 1. The molecule has 82 valence electrons. The molecule has 2 rings (SSSR count). The summed E-state index contributed by atoms with van der Waals surface area (Å²) in [6, 6.07) is 16.4. The molecule has 0 bridgehead atoms. The molecule has 2 aromatic rings. The average Bonchev–Trinajstić information content (AvgIpc) is 2.30. The van der Waals surface area contributed by atoms with Crippen molar-refractivity contribution in [2.75, 3.05) is 0 Å². The van der Waals surface area contributed by atoms with E-state index in [1.54, 1.807) is 6.92 Å². The van der Waals surface area contributed by atoms with Gasteiger partial charge in [-0.05, 0) is 42.2 Å². The van der Waals surface area contributed by atoms with Crippen molar-refractivity contribution in [1.82, 2.24) is 0 Å². The Kier molecular flexibility index (Phi) is 3.07. The summed E-state index contributed by atoms with van der Waals surface area (Å²) in [7, 11) is 0. The van der Waals surface area contributed by atoms with Crippen LogP contribution in [0.3, 0.4) is 0 Å². The molecular weight excluding hydrogens is 196 g/mol. The molecule has 2 aromatic carbocycles. The van der Waals surface area contributed by atoms with Crippen molar-refractivity contribution in [2.24, 2.45) is 0 Å². The molecule has 0 saturated heterocycles. The van der Waals surface area contributed by atoms with Crippen LogP contribution in [0.4, 0.5) is 0 Å². The molecule has 0 heterocycles. The zero-order chi connectivity index (χ0) is 11.5. The van der Waals surface area contributed by atoms with Crippen LogP contribution < -0.4 is 0 Å². The number of rotatable bonds is 2. The molecule has 1 nitrogen and oxygen atoms in total. The Morgan fingerprint density at radius 1 is 1.00 bits per heavy atom. The second-order valence-corrected chi connectivity index (χ2v) is 4.12. The standard InChI is InChI=1S/C15H16O/c1-11-6-3-4-9-15(11)14-8-5-7-13(10-14)12(2)16/h3-10,12,16H,1-2H3/t12-/m0/s1. The van der Waals surface area contributed by atoms with Gasteiger partial charge < -0.3 is 5.11 Å². The summed E-state index contributed by atoms with van der Waals surface area (Å²) in [5.41, 5.74) is 4.60. The highest BCUT2D eigenvalue weighted by atomic mass is 16.3. The lowest BCUT2D eigenvalue weighted by molar-refractivity contribution is 0.199. The van der Waals surface area contributed by atoms with Crippen molar-refractivity contribution < 1.29 is 5.11 Å². The molecule has 0 aliphatic carbocycles. The topological polar surface area (TPSA) is 20.2 Å². The lowest BCUT2D eigenvalue weighted by Crippen LogP contribution is -1.91. The average molecular weight is 212 g/mol. The first-order valence-electron chi connectivity index (χ1n) is 5.52. The van der Waals surface area contributed by atoms with Gasteiger partial charge in [0.1, 0.15) is 0 Å². The molecule has 1 heteroatoms. The third-order valence-corrected chi connectivity index (χ3v) is 2.83. The maximum absolute atomic E-state index is 9.56. The summed E-state index contributed by atoms with van der Waals surface area (Å²) in [4.78, 5) is 0. The Balaban J connectivity index is 2.49. The largest absolute Gasteiger partial charge is 0.389 e. The van der Waals surface area contributed by atoms with Crippen molar-refractivity contribution in [3.8, 4) is 11.1 Å². The highest BCUT2D eigenvalue weighted by Crippen LogP contribution is 2.25. The molecule has 0 radical (unpaired) electrons. The van der Waals surface area contributed by atoms with Crippen molar-refractivity contribution in [1.29, 1.82) is 0 Å². The number of aliphatic hydroxyl groups is 1. The van der Waals surface area contributed by atoms with Crippen LogP contribution in [0.25, 0.3) is 11.1 Å². The zero-order valence-electron chi connectivity index (χ0n) is 9.64. The summed E-state index contributed by atoms with van der Waals surface area (Å²) >= 11 is 0. The highest BCUT2D eigenvalue weighted by Gasteiger charge is 2.04. The Labute approximate surface area is 96.4 Å². The molecule has 0 aromatic heterocycles. The number of benzene rings is 2. The van der Waals surface area contributed by atoms with E-state index in [9.17, 15) is 5.11 Å². The van der Waals surface area contributed by atoms with Gasteiger partial charge in [-0.2, -0.15) is 0 Å². The van der Waals surface area contributed by atoms with Crippen molar-refractivity contribution in [3.05, 3.63) is 59.7 Å². The van der Waals surface area contributed by atoms with E-state index >= 15 is 0 Å². The third kappa shape index (κ3) is 2.15. The minimum absolute atomic E-state index is 0.413. The Morgan fingerprint density at radius 3 is 2.44 bits per heavy atom. The van der Waals surface area contributed by atoms with Gasteiger partial charge in [-0.25, -0.2) is 0 Å². The van der Waals surface area contributed by atoms with E-state index in [1.165, 1.54) is 11.1 Å². The van der Waals surface area contributed by atoms with Gasteiger partial charge in [0.15, 0.2) is 0 Å². The van der Waals surface area contributed by atoms with Gasteiger partial charge in [-0.1, -0.05) is 42.5 Å². The van der Waals surface area contributed by atoms with Crippen LogP contribution in [0.1, 0.15) is 24.2 Å². The maximum atomic E-state index is 9.56. The summed E-state index contributed by atoms with van der Waals surface area (Å²) in [6.45, 7) is 3.89. The molecule has 0 saturated carbocycles. The van der Waals surface area contributed by atoms with E-state index in [0.29, 0.717) is 0 Å². The van der Waals surface area contributed by atoms with Gasteiger partial charge >= 0.3 is 0 Å². The van der Waals surface area contributed by atoms with Crippen molar-refractivity contribution in [3.63, 3.8) is 0 Å². The second-order valence-electron chi connectivity index (χ2n) is 4.12. The molecular formula is C15H16O. The molecule has 1 N–H and O–H groups in total. The second kappa shape index (κ2) is 4.50. The predicted molar refractivity (Wildman–Crippen MR) is 67.2 cm³/mol. The fraction of sp³-hybridized carbons (Fsp3) is 0.200. The fourth-order valence-corrected chi connectivity index (χ4v) is 1.86. The van der Waals surface area contributed by atoms with E-state index in [1.807, 2.05) is 30.3 Å². The van der Waals surface area contributed by atoms with E-state index < -0.39 is 6.10 Å². The Morgan fingerprint density at radius 2 is 1.75 bits per heavy atom. The molecule has 16 heavy (non-hydrogen) atoms. The van der Waals surface area contributed by atoms with Crippen LogP contribution in [0.15, 0.2) is 48.5 Å². The lowest BCUT2D eigenvalue weighted by atomic mass is 9.98.